The zero-order chi connectivity index (χ0) is 13.3. The van der Waals surface area contributed by atoms with Crippen LogP contribution in [0.3, 0.4) is 0 Å². The highest BCUT2D eigenvalue weighted by Gasteiger charge is 2.33. The zero-order valence-corrected chi connectivity index (χ0v) is 12.5. The summed E-state index contributed by atoms with van der Waals surface area (Å²) in [6.07, 6.45) is 1.61. The van der Waals surface area contributed by atoms with E-state index in [1.807, 2.05) is 0 Å². The molecule has 1 aromatic rings. The van der Waals surface area contributed by atoms with Crippen LogP contribution in [0.2, 0.25) is 0 Å². The molecule has 0 bridgehead atoms. The summed E-state index contributed by atoms with van der Waals surface area (Å²) in [6.45, 7) is 1.62. The predicted molar refractivity (Wildman–Crippen MR) is 69.2 cm³/mol. The molecular formula is C9H16BrN5O2S. The SMILES string of the molecule is Cn1nnc(Br)c1S(=O)(=O)N1CCC(CN)CC1. The summed E-state index contributed by atoms with van der Waals surface area (Å²) in [5.74, 6) is 0.421. The Labute approximate surface area is 115 Å². The molecule has 0 unspecified atom stereocenters. The fourth-order valence-corrected chi connectivity index (χ4v) is 4.61. The second-order valence-electron chi connectivity index (χ2n) is 4.39. The Morgan fingerprint density at radius 3 is 2.50 bits per heavy atom. The normalized spacial score (nSPS) is 19.3. The van der Waals surface area contributed by atoms with E-state index < -0.39 is 10.0 Å². The fraction of sp³-hybridized carbons (Fsp3) is 0.778. The van der Waals surface area contributed by atoms with Crippen molar-refractivity contribution < 1.29 is 8.42 Å². The minimum atomic E-state index is -3.53. The molecule has 7 nitrogen and oxygen atoms in total. The molecule has 0 aromatic carbocycles. The number of hydrogen-bond donors (Lipinski definition) is 1. The lowest BCUT2D eigenvalue weighted by Crippen LogP contribution is -2.40. The summed E-state index contributed by atoms with van der Waals surface area (Å²) in [5.41, 5.74) is 5.60. The van der Waals surface area contributed by atoms with Gasteiger partial charge >= 0.3 is 0 Å². The highest BCUT2D eigenvalue weighted by molar-refractivity contribution is 9.10. The molecule has 0 spiro atoms. The van der Waals surface area contributed by atoms with Crippen molar-refractivity contribution in [1.29, 1.82) is 0 Å². The summed E-state index contributed by atoms with van der Waals surface area (Å²) in [4.78, 5) is 0. The van der Waals surface area contributed by atoms with Gasteiger partial charge in [-0.3, -0.25) is 0 Å². The van der Waals surface area contributed by atoms with Crippen molar-refractivity contribution in [2.75, 3.05) is 19.6 Å². The number of rotatable bonds is 3. The van der Waals surface area contributed by atoms with Gasteiger partial charge in [0.2, 0.25) is 5.03 Å². The van der Waals surface area contributed by atoms with Gasteiger partial charge in [-0.05, 0) is 41.2 Å². The van der Waals surface area contributed by atoms with E-state index in [0.717, 1.165) is 12.8 Å². The maximum atomic E-state index is 12.4. The Morgan fingerprint density at radius 1 is 1.44 bits per heavy atom. The molecule has 2 rings (SSSR count). The van der Waals surface area contributed by atoms with Crippen LogP contribution < -0.4 is 5.73 Å². The van der Waals surface area contributed by atoms with Crippen LogP contribution in [-0.2, 0) is 17.1 Å². The van der Waals surface area contributed by atoms with E-state index in [1.165, 1.54) is 8.99 Å². The Bertz CT molecular complexity index is 502. The van der Waals surface area contributed by atoms with Crippen LogP contribution in [0.1, 0.15) is 12.8 Å². The molecule has 18 heavy (non-hydrogen) atoms. The number of halogens is 1. The van der Waals surface area contributed by atoms with Gasteiger partial charge in [0.05, 0.1) is 0 Å². The third-order valence-electron chi connectivity index (χ3n) is 3.23. The van der Waals surface area contributed by atoms with E-state index in [2.05, 4.69) is 26.2 Å². The third-order valence-corrected chi connectivity index (χ3v) is 6.02. The molecule has 9 heteroatoms. The van der Waals surface area contributed by atoms with Crippen molar-refractivity contribution in [1.82, 2.24) is 19.3 Å². The van der Waals surface area contributed by atoms with E-state index in [1.54, 1.807) is 7.05 Å². The maximum Gasteiger partial charge on any atom is 0.263 e. The molecule has 2 N–H and O–H groups in total. The first-order valence-electron chi connectivity index (χ1n) is 5.72. The van der Waals surface area contributed by atoms with Crippen LogP contribution >= 0.6 is 15.9 Å². The quantitative estimate of drug-likeness (QED) is 0.833. The number of piperidine rings is 1. The van der Waals surface area contributed by atoms with Gasteiger partial charge in [-0.25, -0.2) is 13.1 Å². The summed E-state index contributed by atoms with van der Waals surface area (Å²) in [7, 11) is -1.96. The third kappa shape index (κ3) is 2.44. The minimum Gasteiger partial charge on any atom is -0.330 e. The second kappa shape index (κ2) is 5.24. The number of hydrogen-bond acceptors (Lipinski definition) is 5. The monoisotopic (exact) mass is 337 g/mol. The molecule has 1 fully saturated rings. The number of aryl methyl sites for hydroxylation is 1. The molecule has 0 saturated carbocycles. The lowest BCUT2D eigenvalue weighted by Gasteiger charge is -2.30. The Balaban J connectivity index is 2.23. The van der Waals surface area contributed by atoms with Gasteiger partial charge in [0.1, 0.15) is 0 Å². The minimum absolute atomic E-state index is 0.105. The fourth-order valence-electron chi connectivity index (χ4n) is 2.10. The van der Waals surface area contributed by atoms with Crippen LogP contribution in [0.25, 0.3) is 0 Å². The van der Waals surface area contributed by atoms with Crippen LogP contribution in [0.5, 0.6) is 0 Å². The van der Waals surface area contributed by atoms with E-state index in [-0.39, 0.29) is 9.63 Å². The first-order chi connectivity index (χ1) is 8.46. The summed E-state index contributed by atoms with van der Waals surface area (Å²) in [6, 6.07) is 0. The number of nitrogens with zero attached hydrogens (tertiary/aromatic N) is 4. The molecule has 1 saturated heterocycles. The van der Waals surface area contributed by atoms with Gasteiger partial charge in [0, 0.05) is 20.1 Å². The number of sulfonamides is 1. The smallest absolute Gasteiger partial charge is 0.263 e. The van der Waals surface area contributed by atoms with Gasteiger partial charge in [0.15, 0.2) is 4.60 Å². The Hall–Kier alpha value is -0.510. The van der Waals surface area contributed by atoms with Crippen molar-refractivity contribution >= 4 is 26.0 Å². The molecular weight excluding hydrogens is 322 g/mol. The molecule has 102 valence electrons. The van der Waals surface area contributed by atoms with Crippen LogP contribution in [0.15, 0.2) is 9.63 Å². The van der Waals surface area contributed by atoms with Gasteiger partial charge < -0.3 is 5.73 Å². The molecule has 2 heterocycles. The highest BCUT2D eigenvalue weighted by Crippen LogP contribution is 2.26. The van der Waals surface area contributed by atoms with E-state index in [9.17, 15) is 8.42 Å². The largest absolute Gasteiger partial charge is 0.330 e. The molecule has 0 atom stereocenters. The molecule has 0 aliphatic carbocycles. The average molecular weight is 338 g/mol. The van der Waals surface area contributed by atoms with Crippen molar-refractivity contribution in [3.8, 4) is 0 Å². The molecule has 0 radical (unpaired) electrons. The lowest BCUT2D eigenvalue weighted by atomic mass is 9.99. The topological polar surface area (TPSA) is 94.1 Å². The summed E-state index contributed by atoms with van der Waals surface area (Å²) < 4.78 is 27.9. The predicted octanol–water partition coefficient (Wildman–Crippen LogP) is -0.0630. The highest BCUT2D eigenvalue weighted by atomic mass is 79.9. The van der Waals surface area contributed by atoms with E-state index >= 15 is 0 Å². The molecule has 1 aliphatic heterocycles. The standard InChI is InChI=1S/C9H16BrN5O2S/c1-14-9(8(10)12-13-14)18(16,17)15-4-2-7(6-11)3-5-15/h7H,2-6,11H2,1H3. The van der Waals surface area contributed by atoms with Gasteiger partial charge in [-0.1, -0.05) is 5.21 Å². The number of nitrogens with two attached hydrogens (primary N) is 1. The average Bonchev–Trinajstić information content (AvgIpc) is 2.69. The van der Waals surface area contributed by atoms with Crippen molar-refractivity contribution in [2.45, 2.75) is 17.9 Å². The Morgan fingerprint density at radius 2 is 2.06 bits per heavy atom. The first kappa shape index (κ1) is 13.9. The van der Waals surface area contributed by atoms with Gasteiger partial charge in [-0.15, -0.1) is 5.10 Å². The first-order valence-corrected chi connectivity index (χ1v) is 7.95. The van der Waals surface area contributed by atoms with E-state index in [0.29, 0.717) is 25.6 Å². The molecule has 1 aromatic heterocycles. The Kier molecular flexibility index (Phi) is 4.05. The molecule has 0 amide bonds. The summed E-state index contributed by atoms with van der Waals surface area (Å²) >= 11 is 3.12. The van der Waals surface area contributed by atoms with Crippen LogP contribution in [-0.4, -0.2) is 47.4 Å². The van der Waals surface area contributed by atoms with Crippen molar-refractivity contribution in [3.63, 3.8) is 0 Å². The lowest BCUT2D eigenvalue weighted by molar-refractivity contribution is 0.277. The second-order valence-corrected chi connectivity index (χ2v) is 7.00. The van der Waals surface area contributed by atoms with E-state index in [4.69, 9.17) is 5.73 Å². The van der Waals surface area contributed by atoms with Crippen molar-refractivity contribution in [3.05, 3.63) is 4.60 Å². The van der Waals surface area contributed by atoms with Crippen LogP contribution in [0.4, 0.5) is 0 Å². The van der Waals surface area contributed by atoms with Gasteiger partial charge in [-0.2, -0.15) is 4.31 Å². The van der Waals surface area contributed by atoms with Crippen molar-refractivity contribution in [2.24, 2.45) is 18.7 Å². The summed E-state index contributed by atoms with van der Waals surface area (Å²) in [5, 5.41) is 7.52. The van der Waals surface area contributed by atoms with Gasteiger partial charge in [0.25, 0.3) is 10.0 Å². The zero-order valence-electron chi connectivity index (χ0n) is 10.1. The molecule has 1 aliphatic rings. The number of aromatic nitrogens is 3. The maximum absolute atomic E-state index is 12.4. The van der Waals surface area contributed by atoms with Crippen LogP contribution in [0, 0.1) is 5.92 Å².